The molecule has 6 nitrogen and oxygen atoms in total. The van der Waals surface area contributed by atoms with Crippen molar-refractivity contribution in [3.63, 3.8) is 0 Å². The minimum atomic E-state index is -0.542. The molecule has 162 valence electrons. The molecule has 4 rings (SSSR count). The second-order valence-corrected chi connectivity index (χ2v) is 7.91. The predicted octanol–water partition coefficient (Wildman–Crippen LogP) is 4.74. The van der Waals surface area contributed by atoms with E-state index in [1.165, 1.54) is 7.11 Å². The second-order valence-electron chi connectivity index (χ2n) is 7.91. The molecule has 0 N–H and O–H groups in total. The van der Waals surface area contributed by atoms with E-state index in [4.69, 9.17) is 23.7 Å². The molecule has 0 aromatic heterocycles. The lowest BCUT2D eigenvalue weighted by atomic mass is 10.1. The number of carbonyl (C=O) groups excluding carboxylic acids is 1. The number of benzene rings is 3. The summed E-state index contributed by atoms with van der Waals surface area (Å²) in [4.78, 5) is 11.5. The average Bonchev–Trinajstić information content (AvgIpc) is 3.14. The molecule has 0 radical (unpaired) electrons. The highest BCUT2D eigenvalue weighted by molar-refractivity contribution is 5.89. The van der Waals surface area contributed by atoms with E-state index < -0.39 is 5.79 Å². The largest absolute Gasteiger partial charge is 0.491 e. The van der Waals surface area contributed by atoms with Crippen LogP contribution in [0.4, 0.5) is 0 Å². The summed E-state index contributed by atoms with van der Waals surface area (Å²) in [6.45, 7) is 5.23. The van der Waals surface area contributed by atoms with E-state index >= 15 is 0 Å². The summed E-state index contributed by atoms with van der Waals surface area (Å²) in [7, 11) is 1.36. The van der Waals surface area contributed by atoms with Gasteiger partial charge in [-0.25, -0.2) is 4.79 Å². The van der Waals surface area contributed by atoms with Crippen LogP contribution in [-0.2, 0) is 20.8 Å². The van der Waals surface area contributed by atoms with Gasteiger partial charge < -0.3 is 23.7 Å². The molecule has 31 heavy (non-hydrogen) atoms. The van der Waals surface area contributed by atoms with Crippen molar-refractivity contribution in [2.24, 2.45) is 0 Å². The minimum Gasteiger partial charge on any atom is -0.491 e. The number of carbonyl (C=O) groups is 1. The molecule has 0 aliphatic carbocycles. The van der Waals surface area contributed by atoms with Gasteiger partial charge in [0.25, 0.3) is 0 Å². The molecule has 0 spiro atoms. The summed E-state index contributed by atoms with van der Waals surface area (Å²) in [6, 6.07) is 19.1. The van der Waals surface area contributed by atoms with Crippen molar-refractivity contribution in [1.29, 1.82) is 0 Å². The summed E-state index contributed by atoms with van der Waals surface area (Å²) in [5.74, 6) is 0.588. The summed E-state index contributed by atoms with van der Waals surface area (Å²) in [6.07, 6.45) is -0.0630. The SMILES string of the molecule is COC(=O)c1ccc(OCc2ccc3cc(OC[C@@H]4COC(C)(C)O4)ccc3c2)cc1. The van der Waals surface area contributed by atoms with Crippen molar-refractivity contribution in [2.45, 2.75) is 32.3 Å². The number of methoxy groups -OCH3 is 1. The van der Waals surface area contributed by atoms with E-state index in [1.807, 2.05) is 38.1 Å². The summed E-state index contributed by atoms with van der Waals surface area (Å²) in [5.41, 5.74) is 1.55. The van der Waals surface area contributed by atoms with Gasteiger partial charge in [-0.15, -0.1) is 0 Å². The van der Waals surface area contributed by atoms with E-state index in [9.17, 15) is 4.79 Å². The molecule has 1 aliphatic heterocycles. The van der Waals surface area contributed by atoms with Crippen molar-refractivity contribution in [1.82, 2.24) is 0 Å². The Balaban J connectivity index is 1.35. The molecule has 1 fully saturated rings. The fraction of sp³-hybridized carbons (Fsp3) is 0.320. The number of esters is 1. The van der Waals surface area contributed by atoms with Crippen molar-refractivity contribution in [3.8, 4) is 11.5 Å². The van der Waals surface area contributed by atoms with E-state index in [0.29, 0.717) is 31.1 Å². The van der Waals surface area contributed by atoms with Crippen LogP contribution in [0.2, 0.25) is 0 Å². The lowest BCUT2D eigenvalue weighted by Gasteiger charge is -2.17. The van der Waals surface area contributed by atoms with E-state index in [1.54, 1.807) is 24.3 Å². The number of hydrogen-bond acceptors (Lipinski definition) is 6. The highest BCUT2D eigenvalue weighted by Gasteiger charge is 2.32. The molecule has 0 bridgehead atoms. The smallest absolute Gasteiger partial charge is 0.337 e. The van der Waals surface area contributed by atoms with Crippen LogP contribution in [0.1, 0.15) is 29.8 Å². The van der Waals surface area contributed by atoms with Gasteiger partial charge in [-0.3, -0.25) is 0 Å². The third kappa shape index (κ3) is 5.34. The van der Waals surface area contributed by atoms with Crippen molar-refractivity contribution in [2.75, 3.05) is 20.3 Å². The van der Waals surface area contributed by atoms with Crippen LogP contribution in [0.5, 0.6) is 11.5 Å². The second kappa shape index (κ2) is 8.96. The molecule has 1 heterocycles. The number of fused-ring (bicyclic) bond motifs is 1. The zero-order valence-corrected chi connectivity index (χ0v) is 17.9. The van der Waals surface area contributed by atoms with Gasteiger partial charge in [0.1, 0.15) is 30.8 Å². The van der Waals surface area contributed by atoms with Crippen LogP contribution in [-0.4, -0.2) is 38.2 Å². The third-order valence-corrected chi connectivity index (χ3v) is 5.06. The Labute approximate surface area is 181 Å². The molecule has 1 atom stereocenters. The van der Waals surface area contributed by atoms with Crippen LogP contribution in [0.3, 0.4) is 0 Å². The molecule has 1 aliphatic rings. The Kier molecular flexibility index (Phi) is 6.11. The van der Waals surface area contributed by atoms with Crippen molar-refractivity contribution in [3.05, 3.63) is 71.8 Å². The summed E-state index contributed by atoms with van der Waals surface area (Å²) >= 11 is 0. The van der Waals surface area contributed by atoms with Gasteiger partial charge in [-0.05, 0) is 72.6 Å². The zero-order valence-electron chi connectivity index (χ0n) is 17.9. The molecule has 3 aromatic carbocycles. The Bertz CT molecular complexity index is 1060. The molecule has 6 heteroatoms. The Morgan fingerprint density at radius 2 is 1.68 bits per heavy atom. The topological polar surface area (TPSA) is 63.2 Å². The highest BCUT2D eigenvalue weighted by Crippen LogP contribution is 2.26. The first kappa shape index (κ1) is 21.2. The molecular weight excluding hydrogens is 396 g/mol. The molecular formula is C25H26O6. The first-order valence-corrected chi connectivity index (χ1v) is 10.2. The van der Waals surface area contributed by atoms with Crippen LogP contribution >= 0.6 is 0 Å². The van der Waals surface area contributed by atoms with Crippen LogP contribution in [0.25, 0.3) is 10.8 Å². The van der Waals surface area contributed by atoms with E-state index in [-0.39, 0.29) is 12.1 Å². The van der Waals surface area contributed by atoms with Gasteiger partial charge in [0.05, 0.1) is 19.3 Å². The minimum absolute atomic E-state index is 0.0630. The quantitative estimate of drug-likeness (QED) is 0.513. The maximum atomic E-state index is 11.5. The standard InChI is InChI=1S/C25H26O6/c1-25(2)30-16-23(31-25)15-29-22-11-8-19-12-17(4-5-20(19)13-22)14-28-21-9-6-18(7-10-21)24(26)27-3/h4-13,23H,14-16H2,1-3H3/t23-/m1/s1. The van der Waals surface area contributed by atoms with Gasteiger partial charge in [-0.1, -0.05) is 18.2 Å². The van der Waals surface area contributed by atoms with Gasteiger partial charge in [-0.2, -0.15) is 0 Å². The van der Waals surface area contributed by atoms with Gasteiger partial charge in [0, 0.05) is 0 Å². The maximum Gasteiger partial charge on any atom is 0.337 e. The number of rotatable bonds is 7. The monoisotopic (exact) mass is 422 g/mol. The Morgan fingerprint density at radius 1 is 0.968 bits per heavy atom. The maximum absolute atomic E-state index is 11.5. The van der Waals surface area contributed by atoms with Crippen molar-refractivity contribution < 1.29 is 28.5 Å². The lowest BCUT2D eigenvalue weighted by Crippen LogP contribution is -2.25. The molecule has 1 saturated heterocycles. The predicted molar refractivity (Wildman–Crippen MR) is 116 cm³/mol. The third-order valence-electron chi connectivity index (χ3n) is 5.06. The summed E-state index contributed by atoms with van der Waals surface area (Å²) < 4.78 is 27.8. The van der Waals surface area contributed by atoms with E-state index in [2.05, 4.69) is 12.1 Å². The number of ether oxygens (including phenoxy) is 5. The molecule has 0 saturated carbocycles. The van der Waals surface area contributed by atoms with Crippen molar-refractivity contribution >= 4 is 16.7 Å². The number of hydrogen-bond donors (Lipinski definition) is 0. The molecule has 3 aromatic rings. The van der Waals surface area contributed by atoms with Crippen LogP contribution in [0, 0.1) is 0 Å². The van der Waals surface area contributed by atoms with Gasteiger partial charge >= 0.3 is 5.97 Å². The highest BCUT2D eigenvalue weighted by atomic mass is 16.7. The fourth-order valence-corrected chi connectivity index (χ4v) is 3.46. The van der Waals surface area contributed by atoms with Gasteiger partial charge in [0.15, 0.2) is 5.79 Å². The lowest BCUT2D eigenvalue weighted by molar-refractivity contribution is -0.141. The van der Waals surface area contributed by atoms with Gasteiger partial charge in [0.2, 0.25) is 0 Å². The normalized spacial score (nSPS) is 17.5. The summed E-state index contributed by atoms with van der Waals surface area (Å²) in [5, 5.41) is 2.20. The molecule has 0 unspecified atom stereocenters. The average molecular weight is 422 g/mol. The van der Waals surface area contributed by atoms with E-state index in [0.717, 1.165) is 22.1 Å². The fourth-order valence-electron chi connectivity index (χ4n) is 3.46. The first-order valence-electron chi connectivity index (χ1n) is 10.2. The van der Waals surface area contributed by atoms with Crippen LogP contribution in [0.15, 0.2) is 60.7 Å². The Morgan fingerprint density at radius 3 is 2.39 bits per heavy atom. The van der Waals surface area contributed by atoms with Crippen LogP contribution < -0.4 is 9.47 Å². The first-order chi connectivity index (χ1) is 14.9. The zero-order chi connectivity index (χ0) is 21.8. The Hall–Kier alpha value is -3.09. The molecule has 0 amide bonds.